The maximum absolute atomic E-state index is 12.6. The molecule has 0 fully saturated rings. The van der Waals surface area contributed by atoms with E-state index >= 15 is 0 Å². The molecule has 6 heteroatoms. The minimum Gasteiger partial charge on any atom is -0.463 e. The van der Waals surface area contributed by atoms with Crippen molar-refractivity contribution in [3.05, 3.63) is 70.2 Å². The van der Waals surface area contributed by atoms with Crippen LogP contribution in [0.3, 0.4) is 0 Å². The fraction of sp³-hybridized carbons (Fsp3) is 0.211. The molecule has 1 amide bonds. The molecule has 1 unspecified atom stereocenters. The van der Waals surface area contributed by atoms with Crippen molar-refractivity contribution in [2.75, 3.05) is 5.32 Å². The van der Waals surface area contributed by atoms with Crippen molar-refractivity contribution >= 4 is 11.6 Å². The first-order chi connectivity index (χ1) is 12.0. The lowest BCUT2D eigenvalue weighted by Gasteiger charge is -2.16. The zero-order chi connectivity index (χ0) is 18.0. The van der Waals surface area contributed by atoms with Gasteiger partial charge in [-0.15, -0.1) is 0 Å². The quantitative estimate of drug-likeness (QED) is 0.792. The molecule has 0 aliphatic heterocycles. The van der Waals surface area contributed by atoms with Crippen LogP contribution >= 0.6 is 0 Å². The van der Waals surface area contributed by atoms with Gasteiger partial charge in [0, 0.05) is 11.8 Å². The summed E-state index contributed by atoms with van der Waals surface area (Å²) in [6, 6.07) is 11.5. The molecule has 0 bridgehead atoms. The molecule has 1 aromatic carbocycles. The summed E-state index contributed by atoms with van der Waals surface area (Å²) in [6.07, 6.45) is 1.53. The van der Waals surface area contributed by atoms with Crippen molar-refractivity contribution < 1.29 is 9.21 Å². The van der Waals surface area contributed by atoms with Crippen LogP contribution in [-0.4, -0.2) is 15.7 Å². The summed E-state index contributed by atoms with van der Waals surface area (Å²) in [5.41, 5.74) is 2.88. The summed E-state index contributed by atoms with van der Waals surface area (Å²) in [6.45, 7) is 5.51. The number of rotatable bonds is 4. The Hall–Kier alpha value is -3.15. The van der Waals surface area contributed by atoms with Gasteiger partial charge in [0.25, 0.3) is 5.56 Å². The second-order valence-corrected chi connectivity index (χ2v) is 5.96. The van der Waals surface area contributed by atoms with E-state index in [9.17, 15) is 9.59 Å². The molecule has 25 heavy (non-hydrogen) atoms. The SMILES string of the molecule is Cc1ccc(C)c(NC(=O)C(C)n2nc(-c3ccco3)ccc2=O)c1. The number of nitrogens with zero attached hydrogens (tertiary/aromatic N) is 2. The van der Waals surface area contributed by atoms with Gasteiger partial charge < -0.3 is 9.73 Å². The number of hydrogen-bond donors (Lipinski definition) is 1. The Morgan fingerprint density at radius 2 is 2.00 bits per heavy atom. The Morgan fingerprint density at radius 3 is 2.72 bits per heavy atom. The predicted molar refractivity (Wildman–Crippen MR) is 95.5 cm³/mol. The normalized spacial score (nSPS) is 12.0. The molecule has 3 aromatic rings. The fourth-order valence-electron chi connectivity index (χ4n) is 2.48. The van der Waals surface area contributed by atoms with E-state index in [1.165, 1.54) is 12.3 Å². The summed E-state index contributed by atoms with van der Waals surface area (Å²) >= 11 is 0. The lowest BCUT2D eigenvalue weighted by Crippen LogP contribution is -2.33. The smallest absolute Gasteiger partial charge is 0.267 e. The molecule has 0 radical (unpaired) electrons. The van der Waals surface area contributed by atoms with Gasteiger partial charge >= 0.3 is 0 Å². The van der Waals surface area contributed by atoms with Gasteiger partial charge in [0.05, 0.1) is 6.26 Å². The zero-order valence-electron chi connectivity index (χ0n) is 14.3. The molecule has 0 aliphatic rings. The van der Waals surface area contributed by atoms with Gasteiger partial charge in [-0.05, 0) is 56.2 Å². The van der Waals surface area contributed by atoms with Gasteiger partial charge in [0.15, 0.2) is 5.76 Å². The summed E-state index contributed by atoms with van der Waals surface area (Å²) in [4.78, 5) is 24.7. The van der Waals surface area contributed by atoms with Gasteiger partial charge in [0.1, 0.15) is 11.7 Å². The van der Waals surface area contributed by atoms with E-state index in [-0.39, 0.29) is 11.5 Å². The molecule has 0 saturated carbocycles. The minimum atomic E-state index is -0.762. The summed E-state index contributed by atoms with van der Waals surface area (Å²) in [5, 5.41) is 7.14. The number of anilines is 1. The van der Waals surface area contributed by atoms with E-state index in [0.29, 0.717) is 11.5 Å². The van der Waals surface area contributed by atoms with Crippen molar-refractivity contribution in [1.29, 1.82) is 0 Å². The third kappa shape index (κ3) is 3.52. The fourth-order valence-corrected chi connectivity index (χ4v) is 2.48. The number of hydrogen-bond acceptors (Lipinski definition) is 4. The monoisotopic (exact) mass is 337 g/mol. The molecule has 0 spiro atoms. The molecule has 2 aromatic heterocycles. The number of benzene rings is 1. The second-order valence-electron chi connectivity index (χ2n) is 5.96. The third-order valence-corrected chi connectivity index (χ3v) is 4.00. The second kappa shape index (κ2) is 6.76. The van der Waals surface area contributed by atoms with Crippen LogP contribution in [0.2, 0.25) is 0 Å². The first-order valence-electron chi connectivity index (χ1n) is 7.97. The maximum atomic E-state index is 12.6. The van der Waals surface area contributed by atoms with Crippen molar-refractivity contribution in [2.24, 2.45) is 0 Å². The number of aromatic nitrogens is 2. The highest BCUT2D eigenvalue weighted by molar-refractivity contribution is 5.94. The molecule has 1 atom stereocenters. The number of carbonyl (C=O) groups is 1. The van der Waals surface area contributed by atoms with Crippen LogP contribution in [0.15, 0.2) is 57.9 Å². The molecular weight excluding hydrogens is 318 g/mol. The lowest BCUT2D eigenvalue weighted by molar-refractivity contribution is -0.119. The Bertz CT molecular complexity index is 958. The number of furan rings is 1. The molecule has 6 nitrogen and oxygen atoms in total. The highest BCUT2D eigenvalue weighted by atomic mass is 16.3. The van der Waals surface area contributed by atoms with E-state index in [0.717, 1.165) is 21.5 Å². The van der Waals surface area contributed by atoms with Gasteiger partial charge in [0.2, 0.25) is 5.91 Å². The van der Waals surface area contributed by atoms with Gasteiger partial charge in [-0.2, -0.15) is 5.10 Å². The number of carbonyl (C=O) groups excluding carboxylic acids is 1. The molecule has 128 valence electrons. The first-order valence-corrected chi connectivity index (χ1v) is 7.97. The Morgan fingerprint density at radius 1 is 1.20 bits per heavy atom. The Balaban J connectivity index is 1.88. The molecule has 0 saturated heterocycles. The highest BCUT2D eigenvalue weighted by Crippen LogP contribution is 2.19. The molecular formula is C19H19N3O3. The van der Waals surface area contributed by atoms with E-state index in [1.54, 1.807) is 25.1 Å². The summed E-state index contributed by atoms with van der Waals surface area (Å²) in [5.74, 6) is 0.232. The van der Waals surface area contributed by atoms with Gasteiger partial charge in [-0.1, -0.05) is 12.1 Å². The van der Waals surface area contributed by atoms with E-state index in [2.05, 4.69) is 10.4 Å². The first kappa shape index (κ1) is 16.7. The zero-order valence-corrected chi connectivity index (χ0v) is 14.3. The average Bonchev–Trinajstić information content (AvgIpc) is 3.12. The topological polar surface area (TPSA) is 77.1 Å². The van der Waals surface area contributed by atoms with Crippen molar-refractivity contribution in [2.45, 2.75) is 26.8 Å². The van der Waals surface area contributed by atoms with Crippen LogP contribution in [0.25, 0.3) is 11.5 Å². The number of amides is 1. The van der Waals surface area contributed by atoms with Crippen LogP contribution in [0.1, 0.15) is 24.1 Å². The van der Waals surface area contributed by atoms with Crippen molar-refractivity contribution in [1.82, 2.24) is 9.78 Å². The highest BCUT2D eigenvalue weighted by Gasteiger charge is 2.19. The average molecular weight is 337 g/mol. The lowest BCUT2D eigenvalue weighted by atomic mass is 10.1. The summed E-state index contributed by atoms with van der Waals surface area (Å²) < 4.78 is 6.47. The minimum absolute atomic E-state index is 0.306. The molecule has 2 heterocycles. The maximum Gasteiger partial charge on any atom is 0.267 e. The summed E-state index contributed by atoms with van der Waals surface area (Å²) in [7, 11) is 0. The van der Waals surface area contributed by atoms with Crippen molar-refractivity contribution in [3.63, 3.8) is 0 Å². The largest absolute Gasteiger partial charge is 0.463 e. The Kier molecular flexibility index (Phi) is 4.52. The van der Waals surface area contributed by atoms with E-state index in [4.69, 9.17) is 4.42 Å². The van der Waals surface area contributed by atoms with Crippen molar-refractivity contribution in [3.8, 4) is 11.5 Å². The van der Waals surface area contributed by atoms with Crippen LogP contribution < -0.4 is 10.9 Å². The van der Waals surface area contributed by atoms with Crippen LogP contribution in [0.5, 0.6) is 0 Å². The Labute approximate surface area is 145 Å². The molecule has 1 N–H and O–H groups in total. The predicted octanol–water partition coefficient (Wildman–Crippen LogP) is 3.32. The third-order valence-electron chi connectivity index (χ3n) is 4.00. The van der Waals surface area contributed by atoms with E-state index in [1.807, 2.05) is 32.0 Å². The molecule has 3 rings (SSSR count). The van der Waals surface area contributed by atoms with Gasteiger partial charge in [-0.3, -0.25) is 9.59 Å². The number of nitrogens with one attached hydrogen (secondary N) is 1. The number of aryl methyl sites for hydroxylation is 2. The van der Waals surface area contributed by atoms with Crippen LogP contribution in [-0.2, 0) is 4.79 Å². The van der Waals surface area contributed by atoms with Crippen LogP contribution in [0, 0.1) is 13.8 Å². The van der Waals surface area contributed by atoms with Crippen LogP contribution in [0.4, 0.5) is 5.69 Å². The van der Waals surface area contributed by atoms with Gasteiger partial charge in [-0.25, -0.2) is 4.68 Å². The molecule has 0 aliphatic carbocycles. The standard InChI is InChI=1S/C19H19N3O3/c1-12-6-7-13(2)16(11-12)20-19(24)14(3)22-18(23)9-8-15(21-22)17-5-4-10-25-17/h4-11,14H,1-3H3,(H,20,24). The van der Waals surface area contributed by atoms with E-state index < -0.39 is 6.04 Å².